The van der Waals surface area contributed by atoms with Gasteiger partial charge >= 0.3 is 0 Å². The van der Waals surface area contributed by atoms with Crippen LogP contribution in [0.4, 0.5) is 0 Å². The van der Waals surface area contributed by atoms with Gasteiger partial charge < -0.3 is 5.73 Å². The molecular weight excluding hydrogens is 174 g/mol. The highest BCUT2D eigenvalue weighted by Gasteiger charge is 2.13. The lowest BCUT2D eigenvalue weighted by Gasteiger charge is -2.06. The number of rotatable bonds is 4. The Balaban J connectivity index is 3.00. The minimum Gasteiger partial charge on any atom is -0.323 e. The molecule has 2 N–H and O–H groups in total. The van der Waals surface area contributed by atoms with E-state index in [2.05, 4.69) is 31.9 Å². The molecule has 0 aliphatic rings. The maximum absolute atomic E-state index is 5.88. The van der Waals surface area contributed by atoms with Gasteiger partial charge in [0.15, 0.2) is 0 Å². The van der Waals surface area contributed by atoms with Gasteiger partial charge in [0.2, 0.25) is 0 Å². The minimum absolute atomic E-state index is 0.0697. The quantitative estimate of drug-likeness (QED) is 0.802. The van der Waals surface area contributed by atoms with Gasteiger partial charge in [0.05, 0.1) is 11.4 Å². The molecule has 14 heavy (non-hydrogen) atoms. The van der Waals surface area contributed by atoms with Gasteiger partial charge in [0, 0.05) is 12.6 Å². The van der Waals surface area contributed by atoms with Crippen LogP contribution >= 0.6 is 0 Å². The van der Waals surface area contributed by atoms with Gasteiger partial charge in [-0.3, -0.25) is 4.68 Å². The van der Waals surface area contributed by atoms with Crippen LogP contribution in [0.3, 0.4) is 0 Å². The van der Waals surface area contributed by atoms with Crippen molar-refractivity contribution >= 4 is 0 Å². The van der Waals surface area contributed by atoms with Gasteiger partial charge in [-0.15, -0.1) is 0 Å². The number of hydrogen-bond acceptors (Lipinski definition) is 2. The molecule has 0 spiro atoms. The van der Waals surface area contributed by atoms with Crippen molar-refractivity contribution in [2.75, 3.05) is 0 Å². The van der Waals surface area contributed by atoms with Crippen molar-refractivity contribution < 1.29 is 0 Å². The second-order valence-corrected chi connectivity index (χ2v) is 3.91. The van der Waals surface area contributed by atoms with E-state index >= 15 is 0 Å². The fourth-order valence-corrected chi connectivity index (χ4v) is 1.52. The monoisotopic (exact) mass is 195 g/mol. The van der Waals surface area contributed by atoms with Gasteiger partial charge in [0.1, 0.15) is 0 Å². The molecule has 0 saturated carbocycles. The molecule has 0 saturated heterocycles. The number of aryl methyl sites for hydroxylation is 1. The van der Waals surface area contributed by atoms with Crippen molar-refractivity contribution in [2.45, 2.75) is 52.6 Å². The summed E-state index contributed by atoms with van der Waals surface area (Å²) in [4.78, 5) is 0. The Morgan fingerprint density at radius 1 is 1.43 bits per heavy atom. The summed E-state index contributed by atoms with van der Waals surface area (Å²) in [5.41, 5.74) is 8.19. The lowest BCUT2D eigenvalue weighted by atomic mass is 10.0. The molecule has 1 rings (SSSR count). The van der Waals surface area contributed by atoms with E-state index in [1.807, 2.05) is 11.6 Å². The standard InChI is InChI=1S/C11H21N3/c1-5-8(3)10-7-11(9(4)12)14(6-2)13-10/h7-9H,5-6,12H2,1-4H3. The zero-order valence-corrected chi connectivity index (χ0v) is 9.62. The Morgan fingerprint density at radius 2 is 2.07 bits per heavy atom. The minimum atomic E-state index is 0.0697. The van der Waals surface area contributed by atoms with Crippen molar-refractivity contribution in [1.82, 2.24) is 9.78 Å². The second kappa shape index (κ2) is 4.60. The molecule has 0 aliphatic heterocycles. The molecule has 0 aromatic carbocycles. The molecule has 3 nitrogen and oxygen atoms in total. The molecule has 1 aromatic heterocycles. The van der Waals surface area contributed by atoms with Crippen LogP contribution in [-0.4, -0.2) is 9.78 Å². The Bertz CT molecular complexity index is 289. The highest BCUT2D eigenvalue weighted by Crippen LogP contribution is 2.20. The molecule has 0 amide bonds. The van der Waals surface area contributed by atoms with Gasteiger partial charge in [0.25, 0.3) is 0 Å². The third-order valence-electron chi connectivity index (χ3n) is 2.71. The smallest absolute Gasteiger partial charge is 0.0656 e. The molecule has 0 radical (unpaired) electrons. The predicted octanol–water partition coefficient (Wildman–Crippen LogP) is 2.44. The maximum Gasteiger partial charge on any atom is 0.0656 e. The molecule has 1 aromatic rings. The van der Waals surface area contributed by atoms with E-state index in [-0.39, 0.29) is 6.04 Å². The van der Waals surface area contributed by atoms with E-state index in [1.165, 1.54) is 5.69 Å². The Kier molecular flexibility index (Phi) is 3.69. The largest absolute Gasteiger partial charge is 0.323 e. The Labute approximate surface area is 86.3 Å². The summed E-state index contributed by atoms with van der Waals surface area (Å²) in [7, 11) is 0. The van der Waals surface area contributed by atoms with Gasteiger partial charge in [-0.1, -0.05) is 13.8 Å². The van der Waals surface area contributed by atoms with Crippen LogP contribution in [0.2, 0.25) is 0 Å². The van der Waals surface area contributed by atoms with Crippen molar-refractivity contribution in [3.05, 3.63) is 17.5 Å². The Morgan fingerprint density at radius 3 is 2.43 bits per heavy atom. The zero-order chi connectivity index (χ0) is 10.7. The second-order valence-electron chi connectivity index (χ2n) is 3.91. The highest BCUT2D eigenvalue weighted by molar-refractivity contribution is 5.16. The maximum atomic E-state index is 5.88. The summed E-state index contributed by atoms with van der Waals surface area (Å²) in [5.74, 6) is 0.528. The van der Waals surface area contributed by atoms with Gasteiger partial charge in [-0.25, -0.2) is 0 Å². The molecule has 0 fully saturated rings. The summed E-state index contributed by atoms with van der Waals surface area (Å²) < 4.78 is 2.01. The number of aromatic nitrogens is 2. The molecule has 0 aliphatic carbocycles. The average Bonchev–Trinajstić information content (AvgIpc) is 2.60. The van der Waals surface area contributed by atoms with E-state index in [9.17, 15) is 0 Å². The first-order chi connectivity index (χ1) is 6.60. The summed E-state index contributed by atoms with van der Waals surface area (Å²) in [5, 5.41) is 4.56. The van der Waals surface area contributed by atoms with E-state index in [0.717, 1.165) is 18.7 Å². The first kappa shape index (κ1) is 11.2. The lowest BCUT2D eigenvalue weighted by Crippen LogP contribution is -2.12. The third kappa shape index (κ3) is 2.15. The predicted molar refractivity (Wildman–Crippen MR) is 59.2 cm³/mol. The fraction of sp³-hybridized carbons (Fsp3) is 0.727. The summed E-state index contributed by atoms with van der Waals surface area (Å²) in [6, 6.07) is 2.21. The summed E-state index contributed by atoms with van der Waals surface area (Å²) >= 11 is 0. The summed E-state index contributed by atoms with van der Waals surface area (Å²) in [6.07, 6.45) is 1.12. The van der Waals surface area contributed by atoms with Crippen LogP contribution in [0.5, 0.6) is 0 Å². The van der Waals surface area contributed by atoms with E-state index in [0.29, 0.717) is 5.92 Å². The first-order valence-corrected chi connectivity index (χ1v) is 5.43. The fourth-order valence-electron chi connectivity index (χ4n) is 1.52. The van der Waals surface area contributed by atoms with Crippen LogP contribution in [-0.2, 0) is 6.54 Å². The van der Waals surface area contributed by atoms with E-state index in [4.69, 9.17) is 5.73 Å². The van der Waals surface area contributed by atoms with Crippen molar-refractivity contribution in [3.8, 4) is 0 Å². The van der Waals surface area contributed by atoms with Crippen LogP contribution in [0, 0.1) is 0 Å². The molecule has 0 bridgehead atoms. The normalized spacial score (nSPS) is 15.5. The number of hydrogen-bond donors (Lipinski definition) is 1. The SMILES string of the molecule is CCC(C)c1cc(C(C)N)n(CC)n1. The molecule has 3 heteroatoms. The van der Waals surface area contributed by atoms with Crippen LogP contribution in [0.15, 0.2) is 6.07 Å². The average molecular weight is 195 g/mol. The van der Waals surface area contributed by atoms with Crippen molar-refractivity contribution in [3.63, 3.8) is 0 Å². The highest BCUT2D eigenvalue weighted by atomic mass is 15.3. The van der Waals surface area contributed by atoms with E-state index < -0.39 is 0 Å². The topological polar surface area (TPSA) is 43.8 Å². The van der Waals surface area contributed by atoms with E-state index in [1.54, 1.807) is 0 Å². The van der Waals surface area contributed by atoms with Gasteiger partial charge in [-0.2, -0.15) is 5.10 Å². The van der Waals surface area contributed by atoms with Crippen LogP contribution in [0.25, 0.3) is 0 Å². The van der Waals surface area contributed by atoms with Crippen LogP contribution < -0.4 is 5.73 Å². The molecule has 2 atom stereocenters. The van der Waals surface area contributed by atoms with Crippen molar-refractivity contribution in [1.29, 1.82) is 0 Å². The first-order valence-electron chi connectivity index (χ1n) is 5.43. The molecular formula is C11H21N3. The van der Waals surface area contributed by atoms with Gasteiger partial charge in [-0.05, 0) is 32.3 Å². The number of nitrogens with two attached hydrogens (primary N) is 1. The molecule has 2 unspecified atom stereocenters. The number of nitrogens with zero attached hydrogens (tertiary/aromatic N) is 2. The third-order valence-corrected chi connectivity index (χ3v) is 2.71. The Hall–Kier alpha value is -0.830. The van der Waals surface area contributed by atoms with Crippen LogP contribution in [0.1, 0.15) is 57.5 Å². The molecule has 1 heterocycles. The van der Waals surface area contributed by atoms with Crippen molar-refractivity contribution in [2.24, 2.45) is 5.73 Å². The molecule has 80 valence electrons. The summed E-state index contributed by atoms with van der Waals surface area (Å²) in [6.45, 7) is 9.38. The zero-order valence-electron chi connectivity index (χ0n) is 9.62. The lowest BCUT2D eigenvalue weighted by molar-refractivity contribution is 0.574.